The number of nitrogen functional groups attached to an aromatic ring is 1. The Morgan fingerprint density at radius 2 is 2.14 bits per heavy atom. The van der Waals surface area contributed by atoms with Crippen molar-refractivity contribution in [2.24, 2.45) is 5.84 Å². The van der Waals surface area contributed by atoms with Gasteiger partial charge in [-0.2, -0.15) is 4.31 Å². The highest BCUT2D eigenvalue weighted by atomic mass is 32.2. The number of sulfonamides is 1. The fraction of sp³-hybridized carbons (Fsp3) is 0.308. The van der Waals surface area contributed by atoms with Crippen LogP contribution in [0.5, 0.6) is 0 Å². The van der Waals surface area contributed by atoms with E-state index < -0.39 is 10.0 Å². The van der Waals surface area contributed by atoms with Crippen LogP contribution in [-0.2, 0) is 16.6 Å². The van der Waals surface area contributed by atoms with Crippen LogP contribution in [0.4, 0.5) is 5.69 Å². The molecule has 2 heterocycles. The lowest BCUT2D eigenvalue weighted by molar-refractivity contribution is 0.349. The van der Waals surface area contributed by atoms with Crippen molar-refractivity contribution in [1.29, 1.82) is 0 Å². The van der Waals surface area contributed by atoms with Crippen molar-refractivity contribution in [1.82, 2.24) is 9.29 Å². The molecule has 2 rings (SSSR count). The third-order valence-corrected chi connectivity index (χ3v) is 5.79. The van der Waals surface area contributed by atoms with Crippen LogP contribution in [0.1, 0.15) is 18.7 Å². The van der Waals surface area contributed by atoms with Gasteiger partial charge in [-0.05, 0) is 37.4 Å². The minimum absolute atomic E-state index is 0.0576. The molecule has 6 nitrogen and oxygen atoms in total. The van der Waals surface area contributed by atoms with E-state index in [-0.39, 0.29) is 16.8 Å². The molecule has 0 fully saturated rings. The molecular formula is C13H18N4O2S2. The standard InChI is InChI=1S/C13H18N4O2S2/c1-10(2)17(9-11-5-4-8-20-11)21(18,19)13-12(16-14)6-3-7-15-13/h3-8,10,16H,9,14H2,1-2H3. The van der Waals surface area contributed by atoms with E-state index in [1.807, 2.05) is 31.4 Å². The second-order valence-electron chi connectivity index (χ2n) is 4.72. The highest BCUT2D eigenvalue weighted by Gasteiger charge is 2.30. The number of nitrogens with one attached hydrogen (secondary N) is 1. The fourth-order valence-electron chi connectivity index (χ4n) is 1.92. The van der Waals surface area contributed by atoms with Crippen LogP contribution in [0.25, 0.3) is 0 Å². The highest BCUT2D eigenvalue weighted by molar-refractivity contribution is 7.89. The third-order valence-electron chi connectivity index (χ3n) is 2.95. The Kier molecular flexibility index (Phi) is 4.94. The minimum Gasteiger partial charge on any atom is -0.321 e. The summed E-state index contributed by atoms with van der Waals surface area (Å²) in [5.74, 6) is 5.39. The largest absolute Gasteiger partial charge is 0.321 e. The molecule has 3 N–H and O–H groups in total. The molecule has 0 amide bonds. The normalized spacial score (nSPS) is 12.0. The number of hydrogen-bond acceptors (Lipinski definition) is 6. The first-order valence-corrected chi connectivity index (χ1v) is 8.74. The van der Waals surface area contributed by atoms with Gasteiger partial charge in [-0.15, -0.1) is 11.3 Å². The van der Waals surface area contributed by atoms with Crippen molar-refractivity contribution in [3.8, 4) is 0 Å². The summed E-state index contributed by atoms with van der Waals surface area (Å²) in [4.78, 5) is 4.96. The summed E-state index contributed by atoms with van der Waals surface area (Å²) in [5.41, 5.74) is 2.68. The topological polar surface area (TPSA) is 88.3 Å². The van der Waals surface area contributed by atoms with Crippen LogP contribution in [0.3, 0.4) is 0 Å². The van der Waals surface area contributed by atoms with E-state index in [0.717, 1.165) is 4.88 Å². The predicted molar refractivity (Wildman–Crippen MR) is 84.2 cm³/mol. The number of rotatable bonds is 6. The molecule has 0 radical (unpaired) electrons. The van der Waals surface area contributed by atoms with Crippen molar-refractivity contribution in [3.63, 3.8) is 0 Å². The molecule has 2 aromatic heterocycles. The molecule has 0 bridgehead atoms. The van der Waals surface area contributed by atoms with Gasteiger partial charge in [0.1, 0.15) is 0 Å². The Morgan fingerprint density at radius 3 is 2.71 bits per heavy atom. The molecule has 2 aromatic rings. The van der Waals surface area contributed by atoms with Crippen LogP contribution in [-0.4, -0.2) is 23.7 Å². The van der Waals surface area contributed by atoms with Crippen LogP contribution in [0, 0.1) is 0 Å². The maximum absolute atomic E-state index is 12.9. The van der Waals surface area contributed by atoms with Crippen molar-refractivity contribution >= 4 is 27.0 Å². The van der Waals surface area contributed by atoms with Crippen molar-refractivity contribution in [2.75, 3.05) is 5.43 Å². The minimum atomic E-state index is -3.73. The molecule has 0 aliphatic rings. The summed E-state index contributed by atoms with van der Waals surface area (Å²) < 4.78 is 27.1. The highest BCUT2D eigenvalue weighted by Crippen LogP contribution is 2.25. The van der Waals surface area contributed by atoms with E-state index in [1.165, 1.54) is 21.8 Å². The predicted octanol–water partition coefficient (Wildman–Crippen LogP) is 2.03. The van der Waals surface area contributed by atoms with E-state index in [9.17, 15) is 8.42 Å². The molecule has 0 saturated heterocycles. The van der Waals surface area contributed by atoms with E-state index >= 15 is 0 Å². The maximum atomic E-state index is 12.9. The zero-order valence-corrected chi connectivity index (χ0v) is 13.5. The zero-order valence-electron chi connectivity index (χ0n) is 11.9. The molecule has 8 heteroatoms. The lowest BCUT2D eigenvalue weighted by Crippen LogP contribution is -2.37. The first kappa shape index (κ1) is 15.9. The first-order valence-electron chi connectivity index (χ1n) is 6.42. The molecular weight excluding hydrogens is 308 g/mol. The smallest absolute Gasteiger partial charge is 0.263 e. The molecule has 0 aromatic carbocycles. The van der Waals surface area contributed by atoms with Gasteiger partial charge >= 0.3 is 0 Å². The van der Waals surface area contributed by atoms with Crippen molar-refractivity contribution < 1.29 is 8.42 Å². The van der Waals surface area contributed by atoms with Gasteiger partial charge in [0.2, 0.25) is 0 Å². The number of nitrogens with two attached hydrogens (primary N) is 1. The first-order chi connectivity index (χ1) is 9.96. The Bertz CT molecular complexity index is 684. The average Bonchev–Trinajstić information content (AvgIpc) is 2.97. The lowest BCUT2D eigenvalue weighted by Gasteiger charge is -2.25. The summed E-state index contributed by atoms with van der Waals surface area (Å²) >= 11 is 1.52. The second kappa shape index (κ2) is 6.52. The van der Waals surface area contributed by atoms with Gasteiger partial charge in [-0.3, -0.25) is 5.84 Å². The summed E-state index contributed by atoms with van der Waals surface area (Å²) in [5, 5.41) is 1.87. The number of anilines is 1. The van der Waals surface area contributed by atoms with Crippen LogP contribution < -0.4 is 11.3 Å². The number of aromatic nitrogens is 1. The Labute approximate surface area is 128 Å². The summed E-state index contributed by atoms with van der Waals surface area (Å²) in [7, 11) is -3.73. The monoisotopic (exact) mass is 326 g/mol. The molecule has 0 spiro atoms. The SMILES string of the molecule is CC(C)N(Cc1cccs1)S(=O)(=O)c1ncccc1NN. The van der Waals surface area contributed by atoms with Crippen molar-refractivity contribution in [3.05, 3.63) is 40.7 Å². The second-order valence-corrected chi connectivity index (χ2v) is 7.56. The Hall–Kier alpha value is -1.48. The number of nitrogens with zero attached hydrogens (tertiary/aromatic N) is 2. The van der Waals surface area contributed by atoms with Gasteiger partial charge in [-0.1, -0.05) is 6.07 Å². The Balaban J connectivity index is 2.42. The van der Waals surface area contributed by atoms with Gasteiger partial charge in [0.05, 0.1) is 5.69 Å². The third kappa shape index (κ3) is 3.41. The molecule has 114 valence electrons. The molecule has 0 atom stereocenters. The quantitative estimate of drug-likeness (QED) is 0.626. The van der Waals surface area contributed by atoms with E-state index in [4.69, 9.17) is 5.84 Å². The fourth-order valence-corrected chi connectivity index (χ4v) is 4.39. The summed E-state index contributed by atoms with van der Waals surface area (Å²) in [6.45, 7) is 3.99. The van der Waals surface area contributed by atoms with Gasteiger partial charge in [0.15, 0.2) is 5.03 Å². The molecule has 0 saturated carbocycles. The summed E-state index contributed by atoms with van der Waals surface area (Å²) in [6, 6.07) is 6.84. The van der Waals surface area contributed by atoms with E-state index in [2.05, 4.69) is 10.4 Å². The van der Waals surface area contributed by atoms with Gasteiger partial charge in [0.25, 0.3) is 10.0 Å². The van der Waals surface area contributed by atoms with Gasteiger partial charge < -0.3 is 5.43 Å². The lowest BCUT2D eigenvalue weighted by atomic mass is 10.4. The number of thiophene rings is 1. The number of hydrazine groups is 1. The zero-order chi connectivity index (χ0) is 15.5. The summed E-state index contributed by atoms with van der Waals surface area (Å²) in [6.07, 6.45) is 1.44. The average molecular weight is 326 g/mol. The van der Waals surface area contributed by atoms with Gasteiger partial charge in [-0.25, -0.2) is 13.4 Å². The van der Waals surface area contributed by atoms with E-state index in [0.29, 0.717) is 6.54 Å². The molecule has 0 unspecified atom stereocenters. The van der Waals surface area contributed by atoms with Gasteiger partial charge in [0, 0.05) is 23.7 Å². The van der Waals surface area contributed by atoms with Crippen LogP contribution >= 0.6 is 11.3 Å². The molecule has 0 aliphatic heterocycles. The number of hydrogen-bond donors (Lipinski definition) is 2. The Morgan fingerprint density at radius 1 is 1.38 bits per heavy atom. The molecule has 21 heavy (non-hydrogen) atoms. The van der Waals surface area contributed by atoms with Crippen LogP contribution in [0.15, 0.2) is 40.9 Å². The number of pyridine rings is 1. The maximum Gasteiger partial charge on any atom is 0.263 e. The molecule has 0 aliphatic carbocycles. The van der Waals surface area contributed by atoms with Crippen LogP contribution in [0.2, 0.25) is 0 Å². The van der Waals surface area contributed by atoms with Crippen molar-refractivity contribution in [2.45, 2.75) is 31.5 Å². The van der Waals surface area contributed by atoms with E-state index in [1.54, 1.807) is 12.1 Å².